The highest BCUT2D eigenvalue weighted by atomic mass is 32.1. The molecule has 2 aromatic heterocycles. The van der Waals surface area contributed by atoms with Crippen molar-refractivity contribution in [3.63, 3.8) is 0 Å². The number of rotatable bonds is 7. The number of amides is 3. The molecule has 2 heterocycles. The van der Waals surface area contributed by atoms with Crippen LogP contribution in [0.4, 0.5) is 26.4 Å². The van der Waals surface area contributed by atoms with Crippen LogP contribution in [0.2, 0.25) is 0 Å². The minimum Gasteiger partial charge on any atom is -0.495 e. The smallest absolute Gasteiger partial charge is 0.325 e. The van der Waals surface area contributed by atoms with Crippen LogP contribution >= 0.6 is 22.7 Å². The first-order chi connectivity index (χ1) is 15.9. The molecule has 2 aromatic carbocycles. The average Bonchev–Trinajstić information content (AvgIpc) is 3.39. The molecule has 0 aliphatic carbocycles. The summed E-state index contributed by atoms with van der Waals surface area (Å²) in [5.41, 5.74) is 1.50. The number of urea groups is 1. The van der Waals surface area contributed by atoms with E-state index in [0.29, 0.717) is 37.6 Å². The van der Waals surface area contributed by atoms with E-state index in [2.05, 4.69) is 25.9 Å². The van der Waals surface area contributed by atoms with Crippen molar-refractivity contribution in [3.05, 3.63) is 63.7 Å². The predicted octanol–water partition coefficient (Wildman–Crippen LogP) is 4.49. The van der Waals surface area contributed by atoms with E-state index in [1.54, 1.807) is 29.6 Å². The molecule has 0 saturated heterocycles. The number of carbonyl (C=O) groups excluding carboxylic acids is 2. The number of nitro benzene ring substituents is 1. The van der Waals surface area contributed by atoms with Crippen molar-refractivity contribution in [2.45, 2.75) is 6.42 Å². The molecule has 0 saturated carbocycles. The van der Waals surface area contributed by atoms with Gasteiger partial charge in [-0.2, -0.15) is 0 Å². The Labute approximate surface area is 194 Å². The molecular formula is C20H16N6O5S2. The molecule has 3 N–H and O–H groups in total. The average molecular weight is 485 g/mol. The van der Waals surface area contributed by atoms with Gasteiger partial charge in [-0.1, -0.05) is 23.5 Å². The monoisotopic (exact) mass is 484 g/mol. The third kappa shape index (κ3) is 5.39. The van der Waals surface area contributed by atoms with Gasteiger partial charge in [0.2, 0.25) is 5.91 Å². The molecule has 4 rings (SSSR count). The normalized spacial score (nSPS) is 10.6. The number of nitrogens with one attached hydrogen (secondary N) is 3. The van der Waals surface area contributed by atoms with Gasteiger partial charge in [-0.15, -0.1) is 11.3 Å². The lowest BCUT2D eigenvalue weighted by molar-refractivity contribution is -0.384. The maximum Gasteiger partial charge on any atom is 0.325 e. The molecule has 11 nitrogen and oxygen atoms in total. The van der Waals surface area contributed by atoms with Crippen molar-refractivity contribution in [1.82, 2.24) is 9.97 Å². The van der Waals surface area contributed by atoms with Crippen LogP contribution < -0.4 is 20.7 Å². The van der Waals surface area contributed by atoms with E-state index in [9.17, 15) is 19.7 Å². The van der Waals surface area contributed by atoms with Crippen molar-refractivity contribution in [2.24, 2.45) is 0 Å². The highest BCUT2D eigenvalue weighted by Gasteiger charge is 2.14. The number of benzene rings is 2. The number of ether oxygens (including phenoxy) is 1. The Morgan fingerprint density at radius 1 is 1.09 bits per heavy atom. The van der Waals surface area contributed by atoms with Crippen molar-refractivity contribution in [1.29, 1.82) is 0 Å². The van der Waals surface area contributed by atoms with Crippen LogP contribution in [-0.4, -0.2) is 33.9 Å². The fraction of sp³-hybridized carbons (Fsp3) is 0.100. The lowest BCUT2D eigenvalue weighted by Gasteiger charge is -2.09. The quantitative estimate of drug-likeness (QED) is 0.258. The van der Waals surface area contributed by atoms with Gasteiger partial charge in [0.1, 0.15) is 5.75 Å². The van der Waals surface area contributed by atoms with Crippen molar-refractivity contribution >= 4 is 66.5 Å². The Morgan fingerprint density at radius 3 is 2.70 bits per heavy atom. The molecule has 0 spiro atoms. The number of anilines is 3. The fourth-order valence-electron chi connectivity index (χ4n) is 2.85. The molecule has 4 aromatic rings. The molecular weight excluding hydrogens is 468 g/mol. The Balaban J connectivity index is 1.34. The van der Waals surface area contributed by atoms with Crippen LogP contribution in [-0.2, 0) is 11.2 Å². The highest BCUT2D eigenvalue weighted by molar-refractivity contribution is 7.22. The summed E-state index contributed by atoms with van der Waals surface area (Å²) in [4.78, 5) is 43.5. The van der Waals surface area contributed by atoms with Gasteiger partial charge in [-0.3, -0.25) is 20.2 Å². The molecule has 0 fully saturated rings. The van der Waals surface area contributed by atoms with Crippen molar-refractivity contribution in [2.75, 3.05) is 23.1 Å². The number of non-ortho nitro benzene ring substituents is 1. The second-order valence-corrected chi connectivity index (χ2v) is 8.47. The predicted molar refractivity (Wildman–Crippen MR) is 126 cm³/mol. The Bertz CT molecular complexity index is 1350. The number of nitrogens with zero attached hydrogens (tertiary/aromatic N) is 3. The minimum atomic E-state index is -0.492. The van der Waals surface area contributed by atoms with Crippen LogP contribution in [0.5, 0.6) is 5.75 Å². The Morgan fingerprint density at radius 2 is 1.91 bits per heavy atom. The summed E-state index contributed by atoms with van der Waals surface area (Å²) in [6, 6.07) is 10.8. The number of hydrogen-bond donors (Lipinski definition) is 3. The summed E-state index contributed by atoms with van der Waals surface area (Å²) in [7, 11) is 1.51. The van der Waals surface area contributed by atoms with Crippen molar-refractivity contribution < 1.29 is 19.2 Å². The summed E-state index contributed by atoms with van der Waals surface area (Å²) >= 11 is 2.33. The number of nitro groups is 1. The number of fused-ring (bicyclic) bond motifs is 1. The minimum absolute atomic E-state index is 0.0254. The summed E-state index contributed by atoms with van der Waals surface area (Å²) in [6.07, 6.45) is -0.0254. The fourth-order valence-corrected chi connectivity index (χ4v) is 4.47. The van der Waals surface area contributed by atoms with E-state index in [-0.39, 0.29) is 18.0 Å². The topological polar surface area (TPSA) is 148 Å². The third-order valence-corrected chi connectivity index (χ3v) is 6.04. The van der Waals surface area contributed by atoms with Crippen LogP contribution in [0.3, 0.4) is 0 Å². The first kappa shape index (κ1) is 22.1. The van der Waals surface area contributed by atoms with Crippen LogP contribution in [0.1, 0.15) is 5.69 Å². The second-order valence-electron chi connectivity index (χ2n) is 6.58. The Kier molecular flexibility index (Phi) is 6.42. The zero-order valence-electron chi connectivity index (χ0n) is 17.0. The largest absolute Gasteiger partial charge is 0.495 e. The van der Waals surface area contributed by atoms with Crippen LogP contribution in [0.15, 0.2) is 47.8 Å². The van der Waals surface area contributed by atoms with Gasteiger partial charge >= 0.3 is 6.03 Å². The van der Waals surface area contributed by atoms with Gasteiger partial charge in [0, 0.05) is 17.5 Å². The number of methoxy groups -OCH3 is 1. The molecule has 168 valence electrons. The summed E-state index contributed by atoms with van der Waals surface area (Å²) in [6.45, 7) is 0. The van der Waals surface area contributed by atoms with E-state index in [0.717, 1.165) is 11.3 Å². The molecule has 0 bridgehead atoms. The molecule has 0 aliphatic heterocycles. The standard InChI is InChI=1S/C20H16N6O5S2/c1-31-15-5-3-2-4-13(15)22-18(28)25-19-21-11(10-32-19)8-17(27)24-20-23-14-7-6-12(26(29)30)9-16(14)33-20/h2-7,9-10H,8H2,1H3,(H,23,24,27)(H2,21,22,25,28). The molecule has 0 atom stereocenters. The molecule has 0 unspecified atom stereocenters. The molecule has 0 radical (unpaired) electrons. The van der Waals surface area contributed by atoms with Gasteiger partial charge in [-0.05, 0) is 18.2 Å². The first-order valence-corrected chi connectivity index (χ1v) is 11.1. The lowest BCUT2D eigenvalue weighted by atomic mass is 10.3. The van der Waals surface area contributed by atoms with Crippen LogP contribution in [0, 0.1) is 10.1 Å². The van der Waals surface area contributed by atoms with E-state index in [1.807, 2.05) is 0 Å². The van der Waals surface area contributed by atoms with Crippen molar-refractivity contribution in [3.8, 4) is 5.75 Å². The van der Waals surface area contributed by atoms with Gasteiger partial charge in [0.15, 0.2) is 10.3 Å². The number of hydrogen-bond acceptors (Lipinski definition) is 9. The van der Waals surface area contributed by atoms with E-state index in [1.165, 1.54) is 36.6 Å². The van der Waals surface area contributed by atoms with Gasteiger partial charge in [0.25, 0.3) is 5.69 Å². The SMILES string of the molecule is COc1ccccc1NC(=O)Nc1nc(CC(=O)Nc2nc3ccc([N+](=O)[O-])cc3s2)cs1. The summed E-state index contributed by atoms with van der Waals surface area (Å²) < 4.78 is 5.79. The van der Waals surface area contributed by atoms with E-state index >= 15 is 0 Å². The highest BCUT2D eigenvalue weighted by Crippen LogP contribution is 2.29. The molecule has 0 aliphatic rings. The van der Waals surface area contributed by atoms with E-state index < -0.39 is 11.0 Å². The van der Waals surface area contributed by atoms with E-state index in [4.69, 9.17) is 4.74 Å². The van der Waals surface area contributed by atoms with Gasteiger partial charge < -0.3 is 15.4 Å². The maximum atomic E-state index is 12.4. The second kappa shape index (κ2) is 9.58. The number of para-hydroxylation sites is 2. The zero-order valence-corrected chi connectivity index (χ0v) is 18.7. The first-order valence-electron chi connectivity index (χ1n) is 9.41. The third-order valence-electron chi connectivity index (χ3n) is 4.30. The number of aromatic nitrogens is 2. The van der Waals surface area contributed by atoms with Crippen LogP contribution in [0.25, 0.3) is 10.2 Å². The van der Waals surface area contributed by atoms with Gasteiger partial charge in [-0.25, -0.2) is 14.8 Å². The van der Waals surface area contributed by atoms with Gasteiger partial charge in [0.05, 0.1) is 40.1 Å². The molecule has 13 heteroatoms. The zero-order chi connectivity index (χ0) is 23.4. The lowest BCUT2D eigenvalue weighted by Crippen LogP contribution is -2.20. The maximum absolute atomic E-state index is 12.4. The number of thiazole rings is 2. The molecule has 33 heavy (non-hydrogen) atoms. The number of carbonyl (C=O) groups is 2. The Hall–Kier alpha value is -4.10. The molecule has 3 amide bonds. The summed E-state index contributed by atoms with van der Waals surface area (Å²) in [5, 5.41) is 21.2. The summed E-state index contributed by atoms with van der Waals surface area (Å²) in [5.74, 6) is 0.174.